The van der Waals surface area contributed by atoms with E-state index in [4.69, 9.17) is 0 Å². The van der Waals surface area contributed by atoms with Gasteiger partial charge in [-0.25, -0.2) is 0 Å². The average molecular weight is 345 g/mol. The van der Waals surface area contributed by atoms with Crippen LogP contribution in [0.2, 0.25) is 0 Å². The molecule has 0 aliphatic heterocycles. The summed E-state index contributed by atoms with van der Waals surface area (Å²) in [7, 11) is 0. The van der Waals surface area contributed by atoms with Crippen molar-refractivity contribution in [3.05, 3.63) is 35.4 Å². The molecule has 1 aromatic carbocycles. The number of hydrogen-bond acceptors (Lipinski definition) is 1. The second-order valence-electron chi connectivity index (χ2n) is 8.64. The summed E-state index contributed by atoms with van der Waals surface area (Å²) in [6, 6.07) is 9.63. The zero-order valence-corrected chi connectivity index (χ0v) is 16.6. The van der Waals surface area contributed by atoms with Crippen molar-refractivity contribution in [1.29, 1.82) is 0 Å². The molecule has 0 amide bonds. The van der Waals surface area contributed by atoms with Gasteiger partial charge in [0, 0.05) is 5.25 Å². The minimum atomic E-state index is 0.687. The molecule has 0 unspecified atom stereocenters. The molecule has 0 N–H and O–H groups in total. The Morgan fingerprint density at radius 2 is 1.42 bits per heavy atom. The van der Waals surface area contributed by atoms with Crippen molar-refractivity contribution in [2.45, 2.75) is 89.2 Å². The van der Waals surface area contributed by atoms with Crippen LogP contribution in [-0.4, -0.2) is 5.25 Å². The summed E-state index contributed by atoms with van der Waals surface area (Å²) in [5.41, 5.74) is 3.12. The lowest BCUT2D eigenvalue weighted by Gasteiger charge is -2.37. The summed E-state index contributed by atoms with van der Waals surface area (Å²) >= 11 is 4.66. The predicted octanol–water partition coefficient (Wildman–Crippen LogP) is 7.04. The van der Waals surface area contributed by atoms with Crippen LogP contribution in [0.25, 0.3) is 0 Å². The van der Waals surface area contributed by atoms with Crippen LogP contribution in [0.1, 0.15) is 88.7 Å². The fourth-order valence-corrected chi connectivity index (χ4v) is 5.27. The Balaban J connectivity index is 1.49. The monoisotopic (exact) mass is 344 g/mol. The lowest BCUT2D eigenvalue weighted by molar-refractivity contribution is 0.188. The van der Waals surface area contributed by atoms with E-state index < -0.39 is 0 Å². The van der Waals surface area contributed by atoms with Crippen LogP contribution in [0.4, 0.5) is 0 Å². The first-order valence-corrected chi connectivity index (χ1v) is 10.9. The van der Waals surface area contributed by atoms with Gasteiger partial charge in [0.25, 0.3) is 0 Å². The summed E-state index contributed by atoms with van der Waals surface area (Å²) in [5, 5.41) is 0.687. The predicted molar refractivity (Wildman–Crippen MR) is 109 cm³/mol. The van der Waals surface area contributed by atoms with Gasteiger partial charge in [0.1, 0.15) is 0 Å². The second-order valence-corrected chi connectivity index (χ2v) is 9.37. The summed E-state index contributed by atoms with van der Waals surface area (Å²) in [4.78, 5) is 0. The number of benzene rings is 1. The average Bonchev–Trinajstić information content (AvgIpc) is 2.63. The molecule has 0 aromatic heterocycles. The van der Waals surface area contributed by atoms with E-state index in [2.05, 4.69) is 50.7 Å². The standard InChI is InChI=1S/C23H36S/c1-3-17(2)16-18-4-6-19(7-5-18)20-8-10-21(11-9-20)22-12-14-23(24)15-13-22/h4-7,17,20-24H,3,8-16H2,1-2H3/t17-,20?,21?,22?,23?/m1/s1. The molecule has 2 aliphatic rings. The first-order chi connectivity index (χ1) is 11.7. The third kappa shape index (κ3) is 4.81. The SMILES string of the molecule is CC[C@@H](C)Cc1ccc(C2CCC(C3CCC(S)CC3)CC2)cc1. The third-order valence-electron chi connectivity index (χ3n) is 6.91. The first kappa shape index (κ1) is 18.4. The van der Waals surface area contributed by atoms with Gasteiger partial charge >= 0.3 is 0 Å². The van der Waals surface area contributed by atoms with Crippen LogP contribution >= 0.6 is 12.6 Å². The Morgan fingerprint density at radius 3 is 1.96 bits per heavy atom. The van der Waals surface area contributed by atoms with Crippen molar-refractivity contribution in [3.63, 3.8) is 0 Å². The van der Waals surface area contributed by atoms with Gasteiger partial charge in [-0.05, 0) is 92.6 Å². The van der Waals surface area contributed by atoms with E-state index in [0.717, 1.165) is 23.7 Å². The zero-order chi connectivity index (χ0) is 16.9. The fraction of sp³-hybridized carbons (Fsp3) is 0.739. The maximum Gasteiger partial charge on any atom is 0.00170 e. The fourth-order valence-electron chi connectivity index (χ4n) is 4.97. The molecule has 3 rings (SSSR count). The molecule has 0 saturated heterocycles. The smallest absolute Gasteiger partial charge is 0.00170 e. The highest BCUT2D eigenvalue weighted by Crippen LogP contribution is 2.43. The molecule has 1 atom stereocenters. The van der Waals surface area contributed by atoms with E-state index in [1.165, 1.54) is 69.8 Å². The molecule has 0 spiro atoms. The molecule has 2 saturated carbocycles. The van der Waals surface area contributed by atoms with Crippen LogP contribution < -0.4 is 0 Å². The number of rotatable bonds is 5. The molecule has 24 heavy (non-hydrogen) atoms. The van der Waals surface area contributed by atoms with Crippen LogP contribution in [0, 0.1) is 17.8 Å². The summed E-state index contributed by atoms with van der Waals surface area (Å²) in [6.45, 7) is 4.65. The lowest BCUT2D eigenvalue weighted by atomic mass is 9.70. The molecule has 0 bridgehead atoms. The molecule has 0 radical (unpaired) electrons. The van der Waals surface area contributed by atoms with Gasteiger partial charge in [-0.15, -0.1) is 0 Å². The molecule has 2 aliphatic carbocycles. The Hall–Kier alpha value is -0.430. The van der Waals surface area contributed by atoms with Crippen LogP contribution in [0.15, 0.2) is 24.3 Å². The summed E-state index contributed by atoms with van der Waals surface area (Å²) in [6.07, 6.45) is 13.8. The van der Waals surface area contributed by atoms with Crippen molar-refractivity contribution in [2.24, 2.45) is 17.8 Å². The van der Waals surface area contributed by atoms with Crippen LogP contribution in [0.3, 0.4) is 0 Å². The largest absolute Gasteiger partial charge is 0.176 e. The van der Waals surface area contributed by atoms with Gasteiger partial charge < -0.3 is 0 Å². The highest BCUT2D eigenvalue weighted by atomic mass is 32.1. The summed E-state index contributed by atoms with van der Waals surface area (Å²) < 4.78 is 0. The lowest BCUT2D eigenvalue weighted by Crippen LogP contribution is -2.25. The zero-order valence-electron chi connectivity index (χ0n) is 15.7. The third-order valence-corrected chi connectivity index (χ3v) is 7.43. The first-order valence-electron chi connectivity index (χ1n) is 10.4. The van der Waals surface area contributed by atoms with E-state index >= 15 is 0 Å². The van der Waals surface area contributed by atoms with Crippen molar-refractivity contribution in [1.82, 2.24) is 0 Å². The molecular weight excluding hydrogens is 308 g/mol. The minimum Gasteiger partial charge on any atom is -0.176 e. The maximum absolute atomic E-state index is 4.66. The quantitative estimate of drug-likeness (QED) is 0.544. The van der Waals surface area contributed by atoms with Crippen molar-refractivity contribution >= 4 is 12.6 Å². The number of hydrogen-bond donors (Lipinski definition) is 1. The van der Waals surface area contributed by atoms with E-state index in [0.29, 0.717) is 5.25 Å². The molecule has 1 heteroatoms. The van der Waals surface area contributed by atoms with Crippen LogP contribution in [0.5, 0.6) is 0 Å². The van der Waals surface area contributed by atoms with E-state index in [1.54, 1.807) is 5.56 Å². The topological polar surface area (TPSA) is 0 Å². The van der Waals surface area contributed by atoms with Crippen molar-refractivity contribution in [2.75, 3.05) is 0 Å². The van der Waals surface area contributed by atoms with Crippen molar-refractivity contribution < 1.29 is 0 Å². The Morgan fingerprint density at radius 1 is 0.875 bits per heavy atom. The maximum atomic E-state index is 4.66. The van der Waals surface area contributed by atoms with Crippen LogP contribution in [-0.2, 0) is 6.42 Å². The van der Waals surface area contributed by atoms with Gasteiger partial charge in [-0.1, -0.05) is 44.5 Å². The Kier molecular flexibility index (Phi) is 6.72. The second kappa shape index (κ2) is 8.79. The molecule has 134 valence electrons. The Bertz CT molecular complexity index is 475. The van der Waals surface area contributed by atoms with Gasteiger partial charge in [0.05, 0.1) is 0 Å². The highest BCUT2D eigenvalue weighted by Gasteiger charge is 2.30. The molecule has 2 fully saturated rings. The number of thiol groups is 1. The van der Waals surface area contributed by atoms with Gasteiger partial charge in [-0.3, -0.25) is 0 Å². The van der Waals surface area contributed by atoms with Gasteiger partial charge in [-0.2, -0.15) is 12.6 Å². The van der Waals surface area contributed by atoms with E-state index in [9.17, 15) is 0 Å². The minimum absolute atomic E-state index is 0.687. The van der Waals surface area contributed by atoms with Crippen molar-refractivity contribution in [3.8, 4) is 0 Å². The molecule has 1 aromatic rings. The van der Waals surface area contributed by atoms with E-state index in [-0.39, 0.29) is 0 Å². The summed E-state index contributed by atoms with van der Waals surface area (Å²) in [5.74, 6) is 3.64. The van der Waals surface area contributed by atoms with E-state index in [1.807, 2.05) is 0 Å². The molecule has 0 heterocycles. The highest BCUT2D eigenvalue weighted by molar-refractivity contribution is 7.80. The Labute approximate surface area is 155 Å². The molecular formula is C23H36S. The van der Waals surface area contributed by atoms with Gasteiger partial charge in [0.15, 0.2) is 0 Å². The normalized spacial score (nSPS) is 32.5. The molecule has 0 nitrogen and oxygen atoms in total. The van der Waals surface area contributed by atoms with Gasteiger partial charge in [0.2, 0.25) is 0 Å².